The van der Waals surface area contributed by atoms with Gasteiger partial charge in [-0.1, -0.05) is 15.9 Å². The van der Waals surface area contributed by atoms with Gasteiger partial charge < -0.3 is 4.74 Å². The summed E-state index contributed by atoms with van der Waals surface area (Å²) >= 11 is 3.32. The molecule has 0 fully saturated rings. The van der Waals surface area contributed by atoms with Crippen molar-refractivity contribution in [2.75, 3.05) is 11.9 Å². The van der Waals surface area contributed by atoms with Gasteiger partial charge in [-0.05, 0) is 31.2 Å². The first kappa shape index (κ1) is 12.6. The Labute approximate surface area is 112 Å². The molecular formula is C11H11BrN4O2. The maximum Gasteiger partial charge on any atom is 0.264 e. The average Bonchev–Trinajstić information content (AvgIpc) is 2.74. The molecular weight excluding hydrogens is 300 g/mol. The number of nitrogens with zero attached hydrogens (tertiary/aromatic N) is 2. The van der Waals surface area contributed by atoms with E-state index in [0.29, 0.717) is 11.6 Å². The number of carbonyl (C=O) groups excluding carboxylic acids is 1. The van der Waals surface area contributed by atoms with Gasteiger partial charge in [-0.2, -0.15) is 4.98 Å². The number of hydrogen-bond acceptors (Lipinski definition) is 4. The number of aromatic amines is 1. The van der Waals surface area contributed by atoms with E-state index in [1.165, 1.54) is 0 Å². The van der Waals surface area contributed by atoms with Crippen molar-refractivity contribution in [3.05, 3.63) is 34.6 Å². The van der Waals surface area contributed by atoms with Crippen LogP contribution >= 0.6 is 15.9 Å². The van der Waals surface area contributed by atoms with Gasteiger partial charge in [0.2, 0.25) is 5.95 Å². The zero-order chi connectivity index (χ0) is 13.0. The SMILES string of the molecule is Cc1nc(NC(=O)COc2ccc(Br)cc2)n[nH]1. The highest BCUT2D eigenvalue weighted by Crippen LogP contribution is 2.15. The number of rotatable bonds is 4. The summed E-state index contributed by atoms with van der Waals surface area (Å²) in [5.74, 6) is 1.20. The molecule has 0 spiro atoms. The molecule has 0 saturated carbocycles. The smallest absolute Gasteiger partial charge is 0.264 e. The number of halogens is 1. The molecule has 2 N–H and O–H groups in total. The number of benzene rings is 1. The van der Waals surface area contributed by atoms with Crippen LogP contribution in [0.4, 0.5) is 5.95 Å². The minimum atomic E-state index is -0.308. The number of hydrogen-bond donors (Lipinski definition) is 2. The highest BCUT2D eigenvalue weighted by atomic mass is 79.9. The van der Waals surface area contributed by atoms with E-state index < -0.39 is 0 Å². The standard InChI is InChI=1S/C11H11BrN4O2/c1-7-13-11(16-15-7)14-10(17)6-18-9-4-2-8(12)3-5-9/h2-5H,6H2,1H3,(H2,13,14,15,16,17). The van der Waals surface area contributed by atoms with E-state index in [9.17, 15) is 4.79 Å². The summed E-state index contributed by atoms with van der Waals surface area (Å²) in [4.78, 5) is 15.5. The molecule has 0 atom stereocenters. The molecule has 1 aromatic heterocycles. The second-order valence-corrected chi connectivity index (χ2v) is 4.45. The van der Waals surface area contributed by atoms with Crippen molar-refractivity contribution in [3.63, 3.8) is 0 Å². The van der Waals surface area contributed by atoms with Gasteiger partial charge >= 0.3 is 0 Å². The zero-order valence-corrected chi connectivity index (χ0v) is 11.2. The molecule has 0 aliphatic rings. The zero-order valence-electron chi connectivity index (χ0n) is 9.61. The molecule has 1 amide bonds. The third kappa shape index (κ3) is 3.56. The highest BCUT2D eigenvalue weighted by Gasteiger charge is 2.06. The van der Waals surface area contributed by atoms with Crippen molar-refractivity contribution >= 4 is 27.8 Å². The van der Waals surface area contributed by atoms with Gasteiger partial charge in [0, 0.05) is 4.47 Å². The summed E-state index contributed by atoms with van der Waals surface area (Å²) in [6.07, 6.45) is 0. The monoisotopic (exact) mass is 310 g/mol. The number of H-pyrrole nitrogens is 1. The quantitative estimate of drug-likeness (QED) is 0.903. The summed E-state index contributed by atoms with van der Waals surface area (Å²) in [7, 11) is 0. The van der Waals surface area contributed by atoms with Gasteiger partial charge in [-0.3, -0.25) is 15.2 Å². The molecule has 0 aliphatic carbocycles. The van der Waals surface area contributed by atoms with Crippen LogP contribution in [0, 0.1) is 6.92 Å². The lowest BCUT2D eigenvalue weighted by atomic mass is 10.3. The predicted molar refractivity (Wildman–Crippen MR) is 69.4 cm³/mol. The van der Waals surface area contributed by atoms with E-state index in [0.717, 1.165) is 4.47 Å². The number of aromatic nitrogens is 3. The van der Waals surface area contributed by atoms with Crippen molar-refractivity contribution in [1.29, 1.82) is 0 Å². The number of nitrogens with one attached hydrogen (secondary N) is 2. The molecule has 1 heterocycles. The summed E-state index contributed by atoms with van der Waals surface area (Å²) < 4.78 is 6.26. The first-order valence-electron chi connectivity index (χ1n) is 5.21. The Balaban J connectivity index is 1.83. The van der Waals surface area contributed by atoms with E-state index in [4.69, 9.17) is 4.74 Å². The lowest BCUT2D eigenvalue weighted by Crippen LogP contribution is -2.20. The Morgan fingerprint density at radius 2 is 2.17 bits per heavy atom. The molecule has 2 aromatic rings. The molecule has 1 aromatic carbocycles. The van der Waals surface area contributed by atoms with Gasteiger partial charge in [-0.15, -0.1) is 5.10 Å². The lowest BCUT2D eigenvalue weighted by Gasteiger charge is -2.05. The Morgan fingerprint density at radius 1 is 1.44 bits per heavy atom. The van der Waals surface area contributed by atoms with Crippen molar-refractivity contribution < 1.29 is 9.53 Å². The van der Waals surface area contributed by atoms with E-state index in [1.54, 1.807) is 19.1 Å². The first-order valence-corrected chi connectivity index (χ1v) is 6.00. The largest absolute Gasteiger partial charge is 0.484 e. The van der Waals surface area contributed by atoms with Gasteiger partial charge in [0.25, 0.3) is 5.91 Å². The second-order valence-electron chi connectivity index (χ2n) is 3.54. The molecule has 18 heavy (non-hydrogen) atoms. The molecule has 0 saturated heterocycles. The maximum atomic E-state index is 11.5. The summed E-state index contributed by atoms with van der Waals surface area (Å²) in [5, 5.41) is 8.94. The van der Waals surface area contributed by atoms with Crippen LogP contribution in [0.5, 0.6) is 5.75 Å². The van der Waals surface area contributed by atoms with Gasteiger partial charge in [0.05, 0.1) is 0 Å². The fraction of sp³-hybridized carbons (Fsp3) is 0.182. The average molecular weight is 311 g/mol. The Hall–Kier alpha value is -1.89. The predicted octanol–water partition coefficient (Wildman–Crippen LogP) is 1.89. The first-order chi connectivity index (χ1) is 8.63. The second kappa shape index (κ2) is 5.63. The van der Waals surface area contributed by atoms with Crippen LogP contribution in [0.1, 0.15) is 5.82 Å². The van der Waals surface area contributed by atoms with E-state index in [-0.39, 0.29) is 18.5 Å². The normalized spacial score (nSPS) is 10.1. The number of amides is 1. The number of ether oxygens (including phenoxy) is 1. The molecule has 94 valence electrons. The number of anilines is 1. The Morgan fingerprint density at radius 3 is 2.78 bits per heavy atom. The summed E-state index contributed by atoms with van der Waals surface area (Å²) in [6, 6.07) is 7.22. The van der Waals surface area contributed by atoms with Crippen molar-refractivity contribution in [3.8, 4) is 5.75 Å². The van der Waals surface area contributed by atoms with Gasteiger partial charge in [0.15, 0.2) is 6.61 Å². The van der Waals surface area contributed by atoms with Gasteiger partial charge in [-0.25, -0.2) is 0 Å². The lowest BCUT2D eigenvalue weighted by molar-refractivity contribution is -0.118. The van der Waals surface area contributed by atoms with Crippen LogP contribution in [-0.4, -0.2) is 27.7 Å². The molecule has 6 nitrogen and oxygen atoms in total. The minimum absolute atomic E-state index is 0.0881. The van der Waals surface area contributed by atoms with Gasteiger partial charge in [0.1, 0.15) is 11.6 Å². The highest BCUT2D eigenvalue weighted by molar-refractivity contribution is 9.10. The third-order valence-corrected chi connectivity index (χ3v) is 2.56. The van der Waals surface area contributed by atoms with E-state index in [1.807, 2.05) is 12.1 Å². The Kier molecular flexibility index (Phi) is 3.93. The Bertz CT molecular complexity index is 538. The molecule has 0 aliphatic heterocycles. The molecule has 0 radical (unpaired) electrons. The van der Waals surface area contributed by atoms with Crippen LogP contribution in [0.3, 0.4) is 0 Å². The summed E-state index contributed by atoms with van der Waals surface area (Å²) in [5.41, 5.74) is 0. The minimum Gasteiger partial charge on any atom is -0.484 e. The molecule has 0 unspecified atom stereocenters. The fourth-order valence-electron chi connectivity index (χ4n) is 1.24. The van der Waals surface area contributed by atoms with E-state index >= 15 is 0 Å². The van der Waals surface area contributed by atoms with Crippen LogP contribution in [0.15, 0.2) is 28.7 Å². The number of aryl methyl sites for hydroxylation is 1. The molecule has 2 rings (SSSR count). The van der Waals surface area contributed by atoms with Crippen LogP contribution in [-0.2, 0) is 4.79 Å². The molecule has 7 heteroatoms. The maximum absolute atomic E-state index is 11.5. The van der Waals surface area contributed by atoms with Crippen molar-refractivity contribution in [2.24, 2.45) is 0 Å². The van der Waals surface area contributed by atoms with Crippen molar-refractivity contribution in [1.82, 2.24) is 15.2 Å². The molecule has 0 bridgehead atoms. The van der Waals surface area contributed by atoms with Crippen LogP contribution in [0.2, 0.25) is 0 Å². The van der Waals surface area contributed by atoms with Crippen molar-refractivity contribution in [2.45, 2.75) is 6.92 Å². The van der Waals surface area contributed by atoms with Crippen LogP contribution in [0.25, 0.3) is 0 Å². The summed E-state index contributed by atoms with van der Waals surface area (Å²) in [6.45, 7) is 1.66. The number of carbonyl (C=O) groups is 1. The third-order valence-electron chi connectivity index (χ3n) is 2.03. The van der Waals surface area contributed by atoms with Crippen LogP contribution < -0.4 is 10.1 Å². The fourth-order valence-corrected chi connectivity index (χ4v) is 1.50. The topological polar surface area (TPSA) is 79.9 Å². The van der Waals surface area contributed by atoms with E-state index in [2.05, 4.69) is 36.4 Å².